The number of nitrogens with zero attached hydrogens (tertiary/aromatic N) is 7. The van der Waals surface area contributed by atoms with Crippen LogP contribution in [0.5, 0.6) is 0 Å². The van der Waals surface area contributed by atoms with Crippen molar-refractivity contribution in [1.29, 1.82) is 5.26 Å². The molecule has 1 amide bonds. The fourth-order valence-corrected chi connectivity index (χ4v) is 7.05. The number of rotatable bonds is 7. The summed E-state index contributed by atoms with van der Waals surface area (Å²) in [6.07, 6.45) is 5.52. The van der Waals surface area contributed by atoms with Crippen molar-refractivity contribution in [3.05, 3.63) is 82.4 Å². The van der Waals surface area contributed by atoms with Gasteiger partial charge in [0.2, 0.25) is 11.8 Å². The fourth-order valence-electron chi connectivity index (χ4n) is 7.05. The van der Waals surface area contributed by atoms with E-state index in [1.165, 1.54) is 12.1 Å². The van der Waals surface area contributed by atoms with E-state index in [2.05, 4.69) is 10.2 Å². The van der Waals surface area contributed by atoms with E-state index < -0.39 is 5.82 Å². The molecule has 11 nitrogen and oxygen atoms in total. The maximum Gasteiger partial charge on any atom is 0.257 e. The van der Waals surface area contributed by atoms with Crippen LogP contribution in [0.2, 0.25) is 0 Å². The van der Waals surface area contributed by atoms with Crippen LogP contribution in [-0.2, 0) is 22.4 Å². The third-order valence-corrected chi connectivity index (χ3v) is 9.43. The summed E-state index contributed by atoms with van der Waals surface area (Å²) >= 11 is 0. The molecule has 3 aliphatic rings. The minimum absolute atomic E-state index is 0.00514. The standard InChI is InChI=1S/C35H32FN7O4/c1-20-39-40-34(47-20)31-28(6-3-21-8-11-45-12-9-21)38-33-29-19-46-13-10-43(29)35(44)32(33)30(31)23-5-7-27-25(15-23)18-42(41-27)17-22-2-4-24(16-37)26(36)14-22/h2,4-5,7,14-15,18,21,29H,3,6,8-13,17,19H2,1H3/t29-/m1/s1. The molecule has 0 bridgehead atoms. The van der Waals surface area contributed by atoms with E-state index in [-0.39, 0.29) is 17.5 Å². The third-order valence-electron chi connectivity index (χ3n) is 9.43. The highest BCUT2D eigenvalue weighted by Crippen LogP contribution is 2.46. The second-order valence-corrected chi connectivity index (χ2v) is 12.4. The summed E-state index contributed by atoms with van der Waals surface area (Å²) in [5, 5.41) is 23.2. The number of morpholine rings is 1. The molecule has 0 spiro atoms. The van der Waals surface area contributed by atoms with Gasteiger partial charge in [0.25, 0.3) is 5.91 Å². The molecule has 238 valence electrons. The fraction of sp³-hybridized carbons (Fsp3) is 0.371. The number of nitriles is 1. The maximum atomic E-state index is 14.3. The van der Waals surface area contributed by atoms with Crippen LogP contribution in [0.25, 0.3) is 33.5 Å². The minimum atomic E-state index is -0.557. The van der Waals surface area contributed by atoms with Crippen LogP contribution in [0.4, 0.5) is 4.39 Å². The number of aromatic nitrogens is 5. The van der Waals surface area contributed by atoms with Gasteiger partial charge in [0.15, 0.2) is 0 Å². The summed E-state index contributed by atoms with van der Waals surface area (Å²) in [6.45, 7) is 4.97. The summed E-state index contributed by atoms with van der Waals surface area (Å²) in [5.74, 6) is 0.640. The molecule has 2 saturated heterocycles. The van der Waals surface area contributed by atoms with Crippen LogP contribution in [0.3, 0.4) is 0 Å². The number of pyridine rings is 1. The van der Waals surface area contributed by atoms with Gasteiger partial charge in [-0.25, -0.2) is 4.39 Å². The molecule has 0 radical (unpaired) electrons. The molecule has 0 N–H and O–H groups in total. The molecule has 3 aliphatic heterocycles. The lowest BCUT2D eigenvalue weighted by molar-refractivity contribution is 0.00352. The first-order chi connectivity index (χ1) is 23.0. The smallest absolute Gasteiger partial charge is 0.257 e. The number of benzene rings is 2. The Balaban J connectivity index is 1.26. The normalized spacial score (nSPS) is 18.0. The van der Waals surface area contributed by atoms with Gasteiger partial charge in [-0.05, 0) is 67.0 Å². The Labute approximate surface area is 269 Å². The van der Waals surface area contributed by atoms with Crippen LogP contribution in [-0.4, -0.2) is 68.7 Å². The van der Waals surface area contributed by atoms with Crippen molar-refractivity contribution in [2.45, 2.75) is 45.2 Å². The van der Waals surface area contributed by atoms with E-state index in [0.29, 0.717) is 67.1 Å². The highest BCUT2D eigenvalue weighted by atomic mass is 19.1. The molecule has 2 fully saturated rings. The van der Waals surface area contributed by atoms with Crippen molar-refractivity contribution in [1.82, 2.24) is 29.9 Å². The number of hydrogen-bond acceptors (Lipinski definition) is 9. The minimum Gasteiger partial charge on any atom is -0.421 e. The van der Waals surface area contributed by atoms with Gasteiger partial charge in [0.1, 0.15) is 11.9 Å². The van der Waals surface area contributed by atoms with Crippen LogP contribution in [0.1, 0.15) is 64.1 Å². The Bertz CT molecular complexity index is 2060. The molecule has 1 atom stereocenters. The van der Waals surface area contributed by atoms with Crippen molar-refractivity contribution in [3.63, 3.8) is 0 Å². The average Bonchev–Trinajstić information content (AvgIpc) is 3.78. The lowest BCUT2D eigenvalue weighted by Gasteiger charge is -2.29. The lowest BCUT2D eigenvalue weighted by Crippen LogP contribution is -2.38. The first kappa shape index (κ1) is 29.4. The van der Waals surface area contributed by atoms with E-state index in [1.807, 2.05) is 35.4 Å². The summed E-state index contributed by atoms with van der Waals surface area (Å²) in [4.78, 5) is 21.2. The van der Waals surface area contributed by atoms with Crippen molar-refractivity contribution in [2.75, 3.05) is 33.0 Å². The zero-order valence-corrected chi connectivity index (χ0v) is 25.9. The molecule has 0 aliphatic carbocycles. The largest absolute Gasteiger partial charge is 0.421 e. The molecule has 47 heavy (non-hydrogen) atoms. The van der Waals surface area contributed by atoms with Crippen LogP contribution < -0.4 is 0 Å². The number of aryl methyl sites for hydroxylation is 2. The first-order valence-electron chi connectivity index (χ1n) is 16.0. The van der Waals surface area contributed by atoms with E-state index in [1.54, 1.807) is 17.7 Å². The molecule has 12 heteroatoms. The quantitative estimate of drug-likeness (QED) is 0.231. The van der Waals surface area contributed by atoms with Crippen LogP contribution >= 0.6 is 0 Å². The van der Waals surface area contributed by atoms with Crippen molar-refractivity contribution in [2.24, 2.45) is 5.92 Å². The van der Waals surface area contributed by atoms with E-state index in [4.69, 9.17) is 29.2 Å². The number of ether oxygens (including phenoxy) is 2. The molecule has 8 rings (SSSR count). The number of hydrogen-bond donors (Lipinski definition) is 0. The Morgan fingerprint density at radius 3 is 2.70 bits per heavy atom. The monoisotopic (exact) mass is 633 g/mol. The summed E-state index contributed by atoms with van der Waals surface area (Å²) in [5.41, 5.74) is 5.76. The lowest BCUT2D eigenvalue weighted by atomic mass is 9.88. The molecule has 5 aromatic rings. The first-order valence-corrected chi connectivity index (χ1v) is 16.0. The molecular weight excluding hydrogens is 601 g/mol. The molecule has 0 unspecified atom stereocenters. The van der Waals surface area contributed by atoms with Gasteiger partial charge in [-0.3, -0.25) is 14.5 Å². The molecule has 3 aromatic heterocycles. The van der Waals surface area contributed by atoms with Gasteiger partial charge in [-0.1, -0.05) is 12.1 Å². The highest BCUT2D eigenvalue weighted by molar-refractivity contribution is 6.08. The zero-order valence-electron chi connectivity index (χ0n) is 25.9. The number of carbonyl (C=O) groups excluding carboxylic acids is 1. The van der Waals surface area contributed by atoms with E-state index >= 15 is 0 Å². The van der Waals surface area contributed by atoms with E-state index in [9.17, 15) is 9.18 Å². The predicted molar refractivity (Wildman–Crippen MR) is 168 cm³/mol. The third kappa shape index (κ3) is 5.35. The zero-order chi connectivity index (χ0) is 32.1. The van der Waals surface area contributed by atoms with Crippen LogP contribution in [0, 0.1) is 30.0 Å². The van der Waals surface area contributed by atoms with Gasteiger partial charge in [-0.15, -0.1) is 10.2 Å². The second kappa shape index (κ2) is 12.0. The molecule has 0 saturated carbocycles. The SMILES string of the molecule is Cc1nnc(-c2c(CCC3CCOCC3)nc3c(c2-c2ccc4nn(Cc5ccc(C#N)c(F)c5)cc4c2)C(=O)N2CCOC[C@H]32)o1. The molecule has 6 heterocycles. The predicted octanol–water partition coefficient (Wildman–Crippen LogP) is 5.40. The summed E-state index contributed by atoms with van der Waals surface area (Å²) < 4.78 is 33.6. The Hall–Kier alpha value is -4.99. The maximum absolute atomic E-state index is 14.3. The number of carbonyl (C=O) groups is 1. The van der Waals surface area contributed by atoms with Gasteiger partial charge in [0.05, 0.1) is 59.4 Å². The number of fused-ring (bicyclic) bond motifs is 4. The summed E-state index contributed by atoms with van der Waals surface area (Å²) in [6, 6.07) is 12.1. The Kier molecular flexibility index (Phi) is 7.50. The Morgan fingerprint density at radius 1 is 1.04 bits per heavy atom. The van der Waals surface area contributed by atoms with Crippen LogP contribution in [0.15, 0.2) is 47.0 Å². The Morgan fingerprint density at radius 2 is 1.91 bits per heavy atom. The van der Waals surface area contributed by atoms with Gasteiger partial charge < -0.3 is 18.8 Å². The molecular formula is C35H32FN7O4. The van der Waals surface area contributed by atoms with Gasteiger partial charge in [-0.2, -0.15) is 10.4 Å². The van der Waals surface area contributed by atoms with E-state index in [0.717, 1.165) is 65.9 Å². The average molecular weight is 634 g/mol. The highest BCUT2D eigenvalue weighted by Gasteiger charge is 2.44. The topological polar surface area (TPSA) is 132 Å². The van der Waals surface area contributed by atoms with Crippen molar-refractivity contribution >= 4 is 16.8 Å². The number of amides is 1. The summed E-state index contributed by atoms with van der Waals surface area (Å²) in [7, 11) is 0. The number of halogens is 1. The van der Waals surface area contributed by atoms with Crippen molar-refractivity contribution in [3.8, 4) is 28.7 Å². The molecule has 2 aromatic carbocycles. The van der Waals surface area contributed by atoms with Gasteiger partial charge >= 0.3 is 0 Å². The second-order valence-electron chi connectivity index (χ2n) is 12.4. The van der Waals surface area contributed by atoms with Gasteiger partial charge in [0, 0.05) is 43.8 Å². The van der Waals surface area contributed by atoms with Crippen molar-refractivity contribution < 1.29 is 23.1 Å².